The molecular weight excluding hydrogens is 296 g/mol. The zero-order valence-electron chi connectivity index (χ0n) is 14.0. The van der Waals surface area contributed by atoms with Crippen LogP contribution in [0.15, 0.2) is 48.7 Å². The third-order valence-electron chi connectivity index (χ3n) is 5.67. The molecule has 1 fully saturated rings. The van der Waals surface area contributed by atoms with Crippen LogP contribution in [-0.2, 0) is 12.8 Å². The number of ketones is 1. The van der Waals surface area contributed by atoms with E-state index in [0.29, 0.717) is 11.7 Å². The van der Waals surface area contributed by atoms with E-state index in [4.69, 9.17) is 0 Å². The van der Waals surface area contributed by atoms with Crippen molar-refractivity contribution in [1.82, 2.24) is 9.88 Å². The second-order valence-corrected chi connectivity index (χ2v) is 7.08. The smallest absolute Gasteiger partial charge is 0.166 e. The van der Waals surface area contributed by atoms with Crippen LogP contribution in [-0.4, -0.2) is 35.3 Å². The maximum absolute atomic E-state index is 12.7. The highest BCUT2D eigenvalue weighted by Gasteiger charge is 2.37. The maximum Gasteiger partial charge on any atom is 0.166 e. The monoisotopic (exact) mass is 320 g/mol. The Bertz CT molecular complexity index is 705. The number of carbonyl (C=O) groups excluding carboxylic acids is 1. The van der Waals surface area contributed by atoms with Crippen LogP contribution in [0.25, 0.3) is 0 Å². The number of hydrogen-bond acceptors (Lipinski definition) is 3. The lowest BCUT2D eigenvalue weighted by Crippen LogP contribution is -2.38. The summed E-state index contributed by atoms with van der Waals surface area (Å²) < 4.78 is 0. The Hall–Kier alpha value is -2.00. The Morgan fingerprint density at radius 1 is 1.04 bits per heavy atom. The van der Waals surface area contributed by atoms with Gasteiger partial charge in [-0.15, -0.1) is 0 Å². The van der Waals surface area contributed by atoms with E-state index in [2.05, 4.69) is 34.1 Å². The fourth-order valence-corrected chi connectivity index (χ4v) is 4.25. The number of likely N-dealkylation sites (tertiary alicyclic amines) is 1. The second-order valence-electron chi connectivity index (χ2n) is 7.08. The largest absolute Gasteiger partial charge is 0.303 e. The summed E-state index contributed by atoms with van der Waals surface area (Å²) in [6, 6.07) is 14.3. The summed E-state index contributed by atoms with van der Waals surface area (Å²) in [5.74, 6) is 1.16. The Morgan fingerprint density at radius 2 is 1.83 bits per heavy atom. The number of benzene rings is 1. The molecule has 0 N–H and O–H groups in total. The SMILES string of the molecule is O=C1c2ccccc2CC1C1CCN(CCc2ccccn2)CC1. The standard InChI is InChI=1S/C21H24N2O/c24-21-19-7-2-1-5-17(19)15-20(21)16-8-12-23(13-9-16)14-10-18-6-3-4-11-22-18/h1-7,11,16,20H,8-10,12-15H2. The van der Waals surface area contributed by atoms with E-state index in [-0.39, 0.29) is 5.92 Å². The van der Waals surface area contributed by atoms with Gasteiger partial charge in [-0.3, -0.25) is 9.78 Å². The Balaban J connectivity index is 1.30. The number of nitrogens with zero attached hydrogens (tertiary/aromatic N) is 2. The molecule has 24 heavy (non-hydrogen) atoms. The topological polar surface area (TPSA) is 33.2 Å². The van der Waals surface area contributed by atoms with Gasteiger partial charge in [0.05, 0.1) is 0 Å². The predicted octanol–water partition coefficient (Wildman–Crippen LogP) is 3.39. The predicted molar refractivity (Wildman–Crippen MR) is 95.1 cm³/mol. The summed E-state index contributed by atoms with van der Waals surface area (Å²) in [6.07, 6.45) is 6.12. The Labute approximate surface area is 143 Å². The zero-order valence-corrected chi connectivity index (χ0v) is 14.0. The van der Waals surface area contributed by atoms with Gasteiger partial charge in [0.2, 0.25) is 0 Å². The molecule has 1 aromatic heterocycles. The highest BCUT2D eigenvalue weighted by molar-refractivity contribution is 6.02. The van der Waals surface area contributed by atoms with Gasteiger partial charge >= 0.3 is 0 Å². The van der Waals surface area contributed by atoms with Gasteiger partial charge in [-0.05, 0) is 56.0 Å². The van der Waals surface area contributed by atoms with Crippen LogP contribution >= 0.6 is 0 Å². The molecule has 4 rings (SSSR count). The van der Waals surface area contributed by atoms with Crippen LogP contribution in [0.5, 0.6) is 0 Å². The third kappa shape index (κ3) is 3.13. The minimum absolute atomic E-state index is 0.223. The molecule has 1 atom stereocenters. The van der Waals surface area contributed by atoms with E-state index in [0.717, 1.165) is 50.9 Å². The minimum atomic E-state index is 0.223. The van der Waals surface area contributed by atoms with Crippen LogP contribution < -0.4 is 0 Å². The van der Waals surface area contributed by atoms with Crippen LogP contribution in [0, 0.1) is 11.8 Å². The summed E-state index contributed by atoms with van der Waals surface area (Å²) in [7, 11) is 0. The van der Waals surface area contributed by atoms with Crippen molar-refractivity contribution in [3.63, 3.8) is 0 Å². The molecule has 1 aromatic carbocycles. The molecule has 0 saturated carbocycles. The molecule has 2 heterocycles. The lowest BCUT2D eigenvalue weighted by atomic mass is 9.82. The molecule has 1 aliphatic heterocycles. The first kappa shape index (κ1) is 15.5. The number of piperidine rings is 1. The van der Waals surface area contributed by atoms with Crippen LogP contribution in [0.4, 0.5) is 0 Å². The molecule has 1 unspecified atom stereocenters. The van der Waals surface area contributed by atoms with Crippen molar-refractivity contribution >= 4 is 5.78 Å². The summed E-state index contributed by atoms with van der Waals surface area (Å²) in [5.41, 5.74) is 3.39. The number of rotatable bonds is 4. The highest BCUT2D eigenvalue weighted by Crippen LogP contribution is 2.36. The average Bonchev–Trinajstić information content (AvgIpc) is 2.98. The number of aromatic nitrogens is 1. The second kappa shape index (κ2) is 6.86. The van der Waals surface area contributed by atoms with Gasteiger partial charge in [0.15, 0.2) is 5.78 Å². The number of hydrogen-bond donors (Lipinski definition) is 0. The first-order chi connectivity index (χ1) is 11.8. The molecule has 0 radical (unpaired) electrons. The molecule has 0 bridgehead atoms. The molecule has 0 amide bonds. The molecule has 1 saturated heterocycles. The highest BCUT2D eigenvalue weighted by atomic mass is 16.1. The lowest BCUT2D eigenvalue weighted by Gasteiger charge is -2.34. The molecule has 124 valence electrons. The van der Waals surface area contributed by atoms with Crippen molar-refractivity contribution in [1.29, 1.82) is 0 Å². The minimum Gasteiger partial charge on any atom is -0.303 e. The third-order valence-corrected chi connectivity index (χ3v) is 5.67. The summed E-state index contributed by atoms with van der Waals surface area (Å²) >= 11 is 0. The molecule has 2 aliphatic rings. The van der Waals surface area contributed by atoms with E-state index in [1.807, 2.05) is 24.4 Å². The Morgan fingerprint density at radius 3 is 2.58 bits per heavy atom. The van der Waals surface area contributed by atoms with E-state index in [9.17, 15) is 4.79 Å². The molecule has 2 aromatic rings. The van der Waals surface area contributed by atoms with E-state index < -0.39 is 0 Å². The van der Waals surface area contributed by atoms with Gasteiger partial charge in [-0.1, -0.05) is 30.3 Å². The van der Waals surface area contributed by atoms with Crippen LogP contribution in [0.2, 0.25) is 0 Å². The lowest BCUT2D eigenvalue weighted by molar-refractivity contribution is 0.0824. The quantitative estimate of drug-likeness (QED) is 0.866. The zero-order chi connectivity index (χ0) is 16.4. The van der Waals surface area contributed by atoms with Gasteiger partial charge in [-0.25, -0.2) is 0 Å². The molecule has 1 aliphatic carbocycles. The van der Waals surface area contributed by atoms with Gasteiger partial charge in [0.1, 0.15) is 0 Å². The van der Waals surface area contributed by atoms with Crippen LogP contribution in [0.3, 0.4) is 0 Å². The average molecular weight is 320 g/mol. The molecule has 0 spiro atoms. The maximum atomic E-state index is 12.7. The number of carbonyl (C=O) groups is 1. The fraction of sp³-hybridized carbons (Fsp3) is 0.429. The van der Waals surface area contributed by atoms with E-state index in [1.54, 1.807) is 0 Å². The van der Waals surface area contributed by atoms with Gasteiger partial charge in [0, 0.05) is 36.3 Å². The van der Waals surface area contributed by atoms with Crippen molar-refractivity contribution in [2.45, 2.75) is 25.7 Å². The van der Waals surface area contributed by atoms with E-state index in [1.165, 1.54) is 11.3 Å². The van der Waals surface area contributed by atoms with Crippen LogP contribution in [0.1, 0.15) is 34.5 Å². The summed E-state index contributed by atoms with van der Waals surface area (Å²) in [6.45, 7) is 3.29. The molecule has 3 heteroatoms. The first-order valence-electron chi connectivity index (χ1n) is 9.05. The number of Topliss-reactive ketones (excluding diaryl/α,β-unsaturated/α-hetero) is 1. The van der Waals surface area contributed by atoms with Crippen molar-refractivity contribution in [2.75, 3.05) is 19.6 Å². The number of pyridine rings is 1. The summed E-state index contributed by atoms with van der Waals surface area (Å²) in [4.78, 5) is 19.6. The van der Waals surface area contributed by atoms with Crippen molar-refractivity contribution < 1.29 is 4.79 Å². The van der Waals surface area contributed by atoms with E-state index >= 15 is 0 Å². The van der Waals surface area contributed by atoms with Gasteiger partial charge in [-0.2, -0.15) is 0 Å². The fourth-order valence-electron chi connectivity index (χ4n) is 4.25. The number of fused-ring (bicyclic) bond motifs is 1. The van der Waals surface area contributed by atoms with Gasteiger partial charge < -0.3 is 4.90 Å². The van der Waals surface area contributed by atoms with Crippen molar-refractivity contribution in [2.24, 2.45) is 11.8 Å². The Kier molecular flexibility index (Phi) is 4.44. The molecular formula is C21H24N2O. The first-order valence-corrected chi connectivity index (χ1v) is 9.05. The summed E-state index contributed by atoms with van der Waals surface area (Å²) in [5, 5.41) is 0. The normalized spacial score (nSPS) is 21.8. The van der Waals surface area contributed by atoms with Gasteiger partial charge in [0.25, 0.3) is 0 Å². The molecule has 3 nitrogen and oxygen atoms in total. The van der Waals surface area contributed by atoms with Crippen molar-refractivity contribution in [3.8, 4) is 0 Å². The van der Waals surface area contributed by atoms with Crippen molar-refractivity contribution in [3.05, 3.63) is 65.5 Å².